The molecule has 0 radical (unpaired) electrons. The van der Waals surface area contributed by atoms with Gasteiger partial charge in [0.05, 0.1) is 12.8 Å². The highest BCUT2D eigenvalue weighted by Gasteiger charge is 2.38. The van der Waals surface area contributed by atoms with E-state index in [2.05, 4.69) is 52.8 Å². The van der Waals surface area contributed by atoms with Crippen LogP contribution in [-0.4, -0.2) is 182 Å². The van der Waals surface area contributed by atoms with Crippen molar-refractivity contribution < 1.29 is 92.3 Å². The Balaban J connectivity index is 2.91. The quantitative estimate of drug-likeness (QED) is 0.0309. The Labute approximate surface area is 480 Å². The number of rotatable bonds is 21. The number of carbonyl (C=O) groups excluding carboxylic acids is 12. The van der Waals surface area contributed by atoms with Gasteiger partial charge in [-0.15, -0.1) is 0 Å². The number of nitrogens with zero attached hydrogens (tertiary/aromatic N) is 1. The zero-order valence-corrected chi connectivity index (χ0v) is 46.5. The van der Waals surface area contributed by atoms with Gasteiger partial charge in [-0.3, -0.25) is 76.9 Å². The van der Waals surface area contributed by atoms with Gasteiger partial charge in [0, 0.05) is 32.2 Å². The molecule has 1 heterocycles. The fourth-order valence-corrected chi connectivity index (χ4v) is 7.93. The van der Waals surface area contributed by atoms with E-state index in [9.17, 15) is 92.3 Å². The number of aliphatic imine (C=N–C) groups is 1. The topological polar surface area (TPSA) is 574 Å². The fraction of sp³-hybridized carbons (Fsp3) is 0.560. The number of phenols is 1. The molecule has 0 aliphatic carbocycles. The molecule has 84 heavy (non-hydrogen) atoms. The van der Waals surface area contributed by atoms with E-state index in [0.29, 0.717) is 0 Å². The molecule has 11 atom stereocenters. The van der Waals surface area contributed by atoms with Crippen LogP contribution in [0.3, 0.4) is 0 Å². The molecule has 1 aromatic rings. The molecule has 34 nitrogen and oxygen atoms in total. The summed E-state index contributed by atoms with van der Waals surface area (Å²) in [5.41, 5.74) is 22.0. The first kappa shape index (κ1) is 70.4. The number of hydrogen-bond donors (Lipinski definition) is 18. The van der Waals surface area contributed by atoms with Crippen LogP contribution in [0.2, 0.25) is 0 Å². The van der Waals surface area contributed by atoms with Crippen LogP contribution in [0.5, 0.6) is 5.75 Å². The number of hydrogen-bond acceptors (Lipinski definition) is 17. The van der Waals surface area contributed by atoms with Crippen molar-refractivity contribution in [1.82, 2.24) is 53.2 Å². The molecule has 22 N–H and O–H groups in total. The van der Waals surface area contributed by atoms with Crippen LogP contribution in [0.1, 0.15) is 104 Å². The molecule has 1 fully saturated rings. The van der Waals surface area contributed by atoms with Gasteiger partial charge in [-0.25, -0.2) is 0 Å². The molecule has 1 aliphatic heterocycles. The minimum absolute atomic E-state index is 0.0111. The number of phenolic OH excluding ortho intramolecular Hbond substituents is 1. The van der Waals surface area contributed by atoms with Crippen molar-refractivity contribution in [2.45, 2.75) is 165 Å². The summed E-state index contributed by atoms with van der Waals surface area (Å²) in [7, 11) is 0. The van der Waals surface area contributed by atoms with E-state index < -0.39 is 213 Å². The third kappa shape index (κ3) is 25.4. The molecule has 0 saturated carbocycles. The molecule has 1 saturated heterocycles. The van der Waals surface area contributed by atoms with Crippen molar-refractivity contribution in [3.63, 3.8) is 0 Å². The van der Waals surface area contributed by atoms with Gasteiger partial charge < -0.3 is 96.5 Å². The van der Waals surface area contributed by atoms with Crippen molar-refractivity contribution in [2.24, 2.45) is 33.8 Å². The number of amides is 12. The molecule has 0 bridgehead atoms. The molecular weight excluding hydrogens is 1110 g/mol. The highest BCUT2D eigenvalue weighted by molar-refractivity contribution is 6.01. The number of carbonyl (C=O) groups is 15. The van der Waals surface area contributed by atoms with Crippen LogP contribution in [0, 0.1) is 5.92 Å². The number of nitrogens with one attached hydrogen (secondary N) is 10. The number of carboxylic acid groups (broad SMARTS) is 3. The lowest BCUT2D eigenvalue weighted by atomic mass is 9.96. The van der Waals surface area contributed by atoms with Crippen LogP contribution < -0.4 is 76.1 Å². The first-order valence-corrected chi connectivity index (χ1v) is 26.4. The van der Waals surface area contributed by atoms with E-state index in [1.807, 2.05) is 5.32 Å². The van der Waals surface area contributed by atoms with E-state index in [0.717, 1.165) is 0 Å². The zero-order valence-electron chi connectivity index (χ0n) is 46.5. The Kier molecular flexibility index (Phi) is 29.0. The highest BCUT2D eigenvalue weighted by Crippen LogP contribution is 2.15. The smallest absolute Gasteiger partial charge is 0.305 e. The lowest BCUT2D eigenvalue weighted by Crippen LogP contribution is -2.62. The summed E-state index contributed by atoms with van der Waals surface area (Å²) >= 11 is 0. The minimum Gasteiger partial charge on any atom is -0.508 e. The van der Waals surface area contributed by atoms with Gasteiger partial charge in [0.25, 0.3) is 0 Å². The average Bonchev–Trinajstić information content (AvgIpc) is 3.60. The first-order chi connectivity index (χ1) is 39.3. The number of benzene rings is 1. The van der Waals surface area contributed by atoms with Crippen LogP contribution in [0.25, 0.3) is 0 Å². The van der Waals surface area contributed by atoms with Gasteiger partial charge in [0.2, 0.25) is 70.9 Å². The summed E-state index contributed by atoms with van der Waals surface area (Å²) in [6.45, 7) is 5.36. The maximum absolute atomic E-state index is 14.2. The maximum Gasteiger partial charge on any atom is 0.305 e. The van der Waals surface area contributed by atoms with Crippen LogP contribution >= 0.6 is 0 Å². The standard InChI is InChI=1S/C50H75N15O19/c1-5-22(2)39-49(84)61-30(14-17-37(71)72)44(79)64-33(21-38(73)74)48(83)63-32(20-35(52)68)47(82)60-29(13-16-36(69)70)43(78)62-31(19-25-8-10-26(66)11-9-25)46(81)57-23(3)40(75)56-24(4)41(76)58-27(7-6-18-55-50(53)54)42(77)59-28(45(80)65-39)12-15-34(51)67/h8-11,22-24,27-33,39,66H,5-7,12-21H2,1-4H3,(H2,51,67)(H2,52,68)(H,56,75)(H,57,81)(H,58,76)(H,59,77)(H,60,82)(H,61,84)(H,62,78)(H,63,83)(H,64,79)(H,65,80)(H,69,70)(H,71,72)(H,73,74)(H4,53,54,55)/t22-,23-,24-,27-,28-,29-,30-,31-,32-,33-,39-/m0/s1. The lowest BCUT2D eigenvalue weighted by molar-refractivity contribution is -0.142. The van der Waals surface area contributed by atoms with Gasteiger partial charge in [-0.05, 0) is 69.6 Å². The summed E-state index contributed by atoms with van der Waals surface area (Å²) < 4.78 is 0. The van der Waals surface area contributed by atoms with Gasteiger partial charge in [0.15, 0.2) is 5.96 Å². The number of primary amides is 2. The molecule has 34 heteroatoms. The van der Waals surface area contributed by atoms with Crippen molar-refractivity contribution in [3.8, 4) is 5.75 Å². The molecule has 0 spiro atoms. The van der Waals surface area contributed by atoms with Crippen molar-refractivity contribution in [2.75, 3.05) is 6.54 Å². The summed E-state index contributed by atoms with van der Waals surface area (Å²) in [6.07, 6.45) is -7.05. The fourth-order valence-electron chi connectivity index (χ4n) is 7.93. The number of carboxylic acids is 3. The molecule has 0 aromatic heterocycles. The van der Waals surface area contributed by atoms with E-state index in [1.54, 1.807) is 6.92 Å². The van der Waals surface area contributed by atoms with Crippen LogP contribution in [-0.2, 0) is 78.3 Å². The Bertz CT molecular complexity index is 2630. The second-order valence-electron chi connectivity index (χ2n) is 19.7. The normalized spacial score (nSPS) is 24.4. The highest BCUT2D eigenvalue weighted by atomic mass is 16.4. The van der Waals surface area contributed by atoms with E-state index in [1.165, 1.54) is 45.0 Å². The number of guanidine groups is 1. The molecule has 12 amide bonds. The van der Waals surface area contributed by atoms with Crippen molar-refractivity contribution in [1.29, 1.82) is 0 Å². The number of aliphatic carboxylic acids is 3. The maximum atomic E-state index is 14.2. The summed E-state index contributed by atoms with van der Waals surface area (Å²) in [4.78, 5) is 204. The van der Waals surface area contributed by atoms with Crippen LogP contribution in [0.4, 0.5) is 0 Å². The Hall–Kier alpha value is -9.66. The second kappa shape index (κ2) is 34.6. The third-order valence-corrected chi connectivity index (χ3v) is 12.8. The predicted molar refractivity (Wildman–Crippen MR) is 290 cm³/mol. The molecule has 1 aliphatic rings. The molecule has 2 rings (SSSR count). The molecule has 464 valence electrons. The van der Waals surface area contributed by atoms with E-state index >= 15 is 0 Å². The average molecular weight is 1190 g/mol. The summed E-state index contributed by atoms with van der Waals surface area (Å²) in [5, 5.41) is 61.9. The number of nitrogens with two attached hydrogens (primary N) is 4. The summed E-state index contributed by atoms with van der Waals surface area (Å²) in [5.74, 6) is -20.3. The summed E-state index contributed by atoms with van der Waals surface area (Å²) in [6, 6.07) is -12.6. The Morgan fingerprint density at radius 3 is 1.31 bits per heavy atom. The second-order valence-corrected chi connectivity index (χ2v) is 19.7. The minimum atomic E-state index is -2.21. The van der Waals surface area contributed by atoms with Gasteiger partial charge >= 0.3 is 17.9 Å². The molecule has 0 unspecified atom stereocenters. The largest absolute Gasteiger partial charge is 0.508 e. The van der Waals surface area contributed by atoms with E-state index in [-0.39, 0.29) is 43.1 Å². The lowest BCUT2D eigenvalue weighted by Gasteiger charge is -2.29. The predicted octanol–water partition coefficient (Wildman–Crippen LogP) is -6.72. The Morgan fingerprint density at radius 2 is 0.857 bits per heavy atom. The first-order valence-electron chi connectivity index (χ1n) is 26.4. The molecule has 1 aromatic carbocycles. The van der Waals surface area contributed by atoms with Gasteiger partial charge in [0.1, 0.15) is 66.2 Å². The van der Waals surface area contributed by atoms with Gasteiger partial charge in [-0.2, -0.15) is 0 Å². The SMILES string of the molecule is CC[C@H](C)[C@@H]1NC(=O)[C@H](CCC(N)=O)NC(=O)[C@H](CCCN=C(N)N)NC(=O)[C@H](C)NC(=O)[C@H](C)NC(=O)[C@H](Cc2ccc(O)cc2)NC(=O)[C@H](CCC(=O)O)NC(=O)[C@H](CC(N)=O)NC(=O)[C@H](CC(=O)O)NC(=O)[C@H](CCC(=O)O)NC1=O. The van der Waals surface area contributed by atoms with Crippen LogP contribution in [0.15, 0.2) is 29.3 Å². The monoisotopic (exact) mass is 1190 g/mol. The van der Waals surface area contributed by atoms with Crippen molar-refractivity contribution >= 4 is 94.8 Å². The molecular formula is C50H75N15O19. The van der Waals surface area contributed by atoms with E-state index in [4.69, 9.17) is 22.9 Å². The van der Waals surface area contributed by atoms with Gasteiger partial charge in [-0.1, -0.05) is 32.4 Å². The van der Waals surface area contributed by atoms with Crippen molar-refractivity contribution in [3.05, 3.63) is 29.8 Å². The zero-order chi connectivity index (χ0) is 63.5. The number of aromatic hydroxyl groups is 1. The Morgan fingerprint density at radius 1 is 0.476 bits per heavy atom. The third-order valence-electron chi connectivity index (χ3n) is 12.8.